The van der Waals surface area contributed by atoms with Gasteiger partial charge in [0.2, 0.25) is 0 Å². The van der Waals surface area contributed by atoms with Gasteiger partial charge in [0.1, 0.15) is 5.82 Å². The molecule has 2 heterocycles. The van der Waals surface area contributed by atoms with E-state index in [1.807, 2.05) is 54.6 Å². The Hall–Kier alpha value is -4.45. The highest BCUT2D eigenvalue weighted by Gasteiger charge is 2.27. The minimum Gasteiger partial charge on any atom is -0.362 e. The first kappa shape index (κ1) is 19.5. The normalized spacial score (nSPS) is 13.7. The zero-order valence-electron chi connectivity index (χ0n) is 16.9. The Morgan fingerprint density at radius 1 is 0.938 bits per heavy atom. The summed E-state index contributed by atoms with van der Waals surface area (Å²) in [6.45, 7) is 0. The van der Waals surface area contributed by atoms with E-state index in [4.69, 9.17) is 0 Å². The fourth-order valence-electron chi connectivity index (χ4n) is 3.79. The average molecular weight is 423 g/mol. The monoisotopic (exact) mass is 423 g/mol. The first-order valence-electron chi connectivity index (χ1n) is 10.1. The summed E-state index contributed by atoms with van der Waals surface area (Å²) in [6, 6.07) is 22.3. The molecule has 2 amide bonds. The summed E-state index contributed by atoms with van der Waals surface area (Å²) in [5.41, 5.74) is 5.64. The quantitative estimate of drug-likeness (QED) is 0.376. The lowest BCUT2D eigenvalue weighted by atomic mass is 9.94. The molecule has 3 aromatic carbocycles. The van der Waals surface area contributed by atoms with E-state index in [-0.39, 0.29) is 11.8 Å². The van der Waals surface area contributed by atoms with E-state index in [0.717, 1.165) is 28.1 Å². The summed E-state index contributed by atoms with van der Waals surface area (Å²) in [7, 11) is 0. The van der Waals surface area contributed by atoms with E-state index in [2.05, 4.69) is 15.6 Å². The Balaban J connectivity index is 1.51. The molecular formula is C26H18FN3O2. The van der Waals surface area contributed by atoms with Gasteiger partial charge >= 0.3 is 0 Å². The summed E-state index contributed by atoms with van der Waals surface area (Å²) in [6.07, 6.45) is 3.63. The maximum absolute atomic E-state index is 13.1. The van der Waals surface area contributed by atoms with Gasteiger partial charge in [-0.25, -0.2) is 4.39 Å². The van der Waals surface area contributed by atoms with Gasteiger partial charge in [-0.2, -0.15) is 0 Å². The zero-order chi connectivity index (χ0) is 22.1. The molecule has 6 heteroatoms. The molecular weight excluding hydrogens is 405 g/mol. The van der Waals surface area contributed by atoms with E-state index in [1.54, 1.807) is 12.3 Å². The number of hydrogen-bond acceptors (Lipinski definition) is 2. The third kappa shape index (κ3) is 3.70. The summed E-state index contributed by atoms with van der Waals surface area (Å²) in [4.78, 5) is 28.3. The molecule has 0 saturated heterocycles. The van der Waals surface area contributed by atoms with Crippen molar-refractivity contribution in [3.8, 4) is 11.1 Å². The molecule has 0 saturated carbocycles. The Bertz CT molecular complexity index is 1360. The molecule has 0 radical (unpaired) electrons. The van der Waals surface area contributed by atoms with Crippen molar-refractivity contribution in [3.63, 3.8) is 0 Å². The molecule has 1 aliphatic rings. The Kier molecular flexibility index (Phi) is 4.88. The van der Waals surface area contributed by atoms with Crippen molar-refractivity contribution in [1.82, 2.24) is 4.98 Å². The second-order valence-corrected chi connectivity index (χ2v) is 7.41. The largest absolute Gasteiger partial charge is 0.362 e. The third-order valence-electron chi connectivity index (χ3n) is 5.29. The van der Waals surface area contributed by atoms with Crippen LogP contribution in [0, 0.1) is 5.82 Å². The Morgan fingerprint density at radius 2 is 1.75 bits per heavy atom. The topological polar surface area (TPSA) is 74.0 Å². The van der Waals surface area contributed by atoms with Crippen LogP contribution in [0.1, 0.15) is 21.6 Å². The highest BCUT2D eigenvalue weighted by Crippen LogP contribution is 2.40. The fourth-order valence-corrected chi connectivity index (χ4v) is 3.79. The maximum Gasteiger partial charge on any atom is 0.256 e. The fraction of sp³-hybridized carbons (Fsp3) is 0. The van der Waals surface area contributed by atoms with Crippen LogP contribution >= 0.6 is 0 Å². The van der Waals surface area contributed by atoms with Crippen LogP contribution in [0.3, 0.4) is 0 Å². The lowest BCUT2D eigenvalue weighted by molar-refractivity contribution is -0.110. The Labute approximate surface area is 183 Å². The van der Waals surface area contributed by atoms with Crippen molar-refractivity contribution in [2.24, 2.45) is 0 Å². The highest BCUT2D eigenvalue weighted by atomic mass is 19.1. The summed E-state index contributed by atoms with van der Waals surface area (Å²) < 4.78 is 13.1. The smallest absolute Gasteiger partial charge is 0.256 e. The minimum absolute atomic E-state index is 0.164. The molecule has 0 spiro atoms. The van der Waals surface area contributed by atoms with E-state index < -0.39 is 5.82 Å². The van der Waals surface area contributed by atoms with E-state index in [9.17, 15) is 14.0 Å². The van der Waals surface area contributed by atoms with Gasteiger partial charge in [-0.3, -0.25) is 9.59 Å². The van der Waals surface area contributed by atoms with Gasteiger partial charge in [-0.15, -0.1) is 0 Å². The van der Waals surface area contributed by atoms with Crippen molar-refractivity contribution < 1.29 is 14.0 Å². The number of amides is 2. The molecule has 5 nitrogen and oxygen atoms in total. The minimum atomic E-state index is -0.396. The van der Waals surface area contributed by atoms with Crippen LogP contribution in [-0.4, -0.2) is 16.8 Å². The zero-order valence-corrected chi connectivity index (χ0v) is 16.9. The van der Waals surface area contributed by atoms with Crippen molar-refractivity contribution in [2.75, 3.05) is 10.6 Å². The number of aromatic amines is 1. The number of carbonyl (C=O) groups excluding carboxylic acids is 2. The lowest BCUT2D eigenvalue weighted by Gasteiger charge is -2.11. The standard InChI is InChI=1S/C26H18FN3O2/c27-18-11-9-16(10-12-18)25(31)29-20-5-1-4-17(14-20)21-7-2-8-23-24(21)22(26(32)30-23)15-19-6-3-13-28-19/h1-15,28H,(H,29,31)(H,30,32)/b22-15-. The third-order valence-corrected chi connectivity index (χ3v) is 5.29. The second-order valence-electron chi connectivity index (χ2n) is 7.41. The first-order chi connectivity index (χ1) is 15.6. The van der Waals surface area contributed by atoms with E-state index >= 15 is 0 Å². The van der Waals surface area contributed by atoms with Gasteiger partial charge in [-0.1, -0.05) is 24.3 Å². The summed E-state index contributed by atoms with van der Waals surface area (Å²) >= 11 is 0. The number of aromatic nitrogens is 1. The number of carbonyl (C=O) groups is 2. The van der Waals surface area contributed by atoms with Crippen molar-refractivity contribution in [3.05, 3.63) is 108 Å². The van der Waals surface area contributed by atoms with Crippen LogP contribution in [-0.2, 0) is 4.79 Å². The van der Waals surface area contributed by atoms with Crippen molar-refractivity contribution in [1.29, 1.82) is 0 Å². The van der Waals surface area contributed by atoms with Gasteiger partial charge in [0, 0.05) is 34.4 Å². The van der Waals surface area contributed by atoms with Crippen molar-refractivity contribution >= 4 is 34.8 Å². The van der Waals surface area contributed by atoms with Gasteiger partial charge in [0.25, 0.3) is 11.8 Å². The summed E-state index contributed by atoms with van der Waals surface area (Å²) in [5, 5.41) is 5.77. The molecule has 32 heavy (non-hydrogen) atoms. The predicted molar refractivity (Wildman–Crippen MR) is 124 cm³/mol. The molecule has 1 aliphatic heterocycles. The van der Waals surface area contributed by atoms with Gasteiger partial charge in [0.15, 0.2) is 0 Å². The summed E-state index contributed by atoms with van der Waals surface area (Å²) in [5.74, 6) is -0.889. The van der Waals surface area contributed by atoms with E-state index in [1.165, 1.54) is 24.3 Å². The van der Waals surface area contributed by atoms with Gasteiger partial charge in [0.05, 0.1) is 5.57 Å². The van der Waals surface area contributed by atoms with Crippen LogP contribution in [0.2, 0.25) is 0 Å². The molecule has 4 aromatic rings. The number of benzene rings is 3. The molecule has 0 aliphatic carbocycles. The van der Waals surface area contributed by atoms with Crippen LogP contribution < -0.4 is 10.6 Å². The van der Waals surface area contributed by atoms with Crippen molar-refractivity contribution in [2.45, 2.75) is 0 Å². The first-order valence-corrected chi connectivity index (χ1v) is 10.1. The van der Waals surface area contributed by atoms with Crippen LogP contribution in [0.25, 0.3) is 22.8 Å². The molecule has 0 bridgehead atoms. The molecule has 0 fully saturated rings. The maximum atomic E-state index is 13.1. The number of anilines is 2. The van der Waals surface area contributed by atoms with Crippen LogP contribution in [0.5, 0.6) is 0 Å². The predicted octanol–water partition coefficient (Wildman–Crippen LogP) is 5.57. The molecule has 0 atom stereocenters. The lowest BCUT2D eigenvalue weighted by Crippen LogP contribution is -2.11. The molecule has 156 valence electrons. The van der Waals surface area contributed by atoms with E-state index in [0.29, 0.717) is 16.8 Å². The Morgan fingerprint density at radius 3 is 2.53 bits per heavy atom. The van der Waals surface area contributed by atoms with Gasteiger partial charge in [-0.05, 0) is 71.8 Å². The second kappa shape index (κ2) is 8.00. The number of halogens is 1. The molecule has 5 rings (SSSR count). The number of H-pyrrole nitrogens is 1. The highest BCUT2D eigenvalue weighted by molar-refractivity contribution is 6.36. The number of fused-ring (bicyclic) bond motifs is 1. The number of nitrogens with one attached hydrogen (secondary N) is 3. The molecule has 3 N–H and O–H groups in total. The average Bonchev–Trinajstić information content (AvgIpc) is 3.42. The SMILES string of the molecule is O=C1Nc2cccc(-c3cccc(NC(=O)c4ccc(F)cc4)c3)c2/C1=C/c1ccc[nH]1. The number of hydrogen-bond donors (Lipinski definition) is 3. The van der Waals surface area contributed by atoms with Crippen LogP contribution in [0.4, 0.5) is 15.8 Å². The number of rotatable bonds is 4. The van der Waals surface area contributed by atoms with Crippen LogP contribution in [0.15, 0.2) is 85.1 Å². The molecule has 0 unspecified atom stereocenters. The molecule has 1 aromatic heterocycles. The van der Waals surface area contributed by atoms with Gasteiger partial charge < -0.3 is 15.6 Å².